The second-order valence-electron chi connectivity index (χ2n) is 9.21. The predicted molar refractivity (Wildman–Crippen MR) is 112 cm³/mol. The SMILES string of the molecule is CC1=CCC2C(CC/C(=C/C=O)C2(C)CCN(C)C(=O)C(C)C)C1CCC#N. The van der Waals surface area contributed by atoms with Gasteiger partial charge in [0.2, 0.25) is 5.91 Å². The van der Waals surface area contributed by atoms with Crippen molar-refractivity contribution in [1.82, 2.24) is 4.90 Å². The monoisotopic (exact) mass is 384 g/mol. The first-order valence-corrected chi connectivity index (χ1v) is 10.7. The minimum absolute atomic E-state index is 0.00229. The van der Waals surface area contributed by atoms with Crippen LogP contribution in [0.1, 0.15) is 66.2 Å². The molecule has 0 aromatic heterocycles. The van der Waals surface area contributed by atoms with Crippen molar-refractivity contribution in [3.05, 3.63) is 23.3 Å². The molecule has 1 saturated carbocycles. The number of fused-ring (bicyclic) bond motifs is 1. The van der Waals surface area contributed by atoms with E-state index >= 15 is 0 Å². The largest absolute Gasteiger partial charge is 0.346 e. The van der Waals surface area contributed by atoms with Crippen LogP contribution in [0.25, 0.3) is 0 Å². The Labute approximate surface area is 170 Å². The smallest absolute Gasteiger partial charge is 0.224 e. The molecule has 1 fully saturated rings. The highest BCUT2D eigenvalue weighted by Crippen LogP contribution is 2.57. The molecule has 4 unspecified atom stereocenters. The van der Waals surface area contributed by atoms with Gasteiger partial charge in [0, 0.05) is 25.9 Å². The number of nitrogens with zero attached hydrogens (tertiary/aromatic N) is 2. The van der Waals surface area contributed by atoms with Gasteiger partial charge in [0.25, 0.3) is 0 Å². The summed E-state index contributed by atoms with van der Waals surface area (Å²) in [6.45, 7) is 9.08. The Kier molecular flexibility index (Phi) is 7.63. The normalized spacial score (nSPS) is 31.1. The molecule has 0 spiro atoms. The van der Waals surface area contributed by atoms with Crippen LogP contribution in [-0.2, 0) is 9.59 Å². The highest BCUT2D eigenvalue weighted by molar-refractivity contribution is 5.77. The van der Waals surface area contributed by atoms with E-state index in [9.17, 15) is 9.59 Å². The molecular weight excluding hydrogens is 348 g/mol. The number of allylic oxidation sites excluding steroid dienone is 4. The Morgan fingerprint density at radius 2 is 2.18 bits per heavy atom. The van der Waals surface area contributed by atoms with Crippen LogP contribution in [0.5, 0.6) is 0 Å². The minimum Gasteiger partial charge on any atom is -0.346 e. The van der Waals surface area contributed by atoms with Crippen LogP contribution >= 0.6 is 0 Å². The molecule has 2 aliphatic rings. The molecule has 4 nitrogen and oxygen atoms in total. The summed E-state index contributed by atoms with van der Waals surface area (Å²) in [5, 5.41) is 9.08. The van der Waals surface area contributed by atoms with Gasteiger partial charge in [-0.15, -0.1) is 0 Å². The molecule has 0 aromatic rings. The Morgan fingerprint density at radius 1 is 1.46 bits per heavy atom. The Morgan fingerprint density at radius 3 is 2.79 bits per heavy atom. The summed E-state index contributed by atoms with van der Waals surface area (Å²) in [5.74, 6) is 1.65. The van der Waals surface area contributed by atoms with Gasteiger partial charge in [0.15, 0.2) is 0 Å². The topological polar surface area (TPSA) is 61.2 Å². The predicted octanol–water partition coefficient (Wildman–Crippen LogP) is 4.92. The first-order chi connectivity index (χ1) is 13.3. The van der Waals surface area contributed by atoms with Gasteiger partial charge in [-0.3, -0.25) is 9.59 Å². The molecule has 2 aliphatic carbocycles. The van der Waals surface area contributed by atoms with E-state index in [1.807, 2.05) is 25.8 Å². The van der Waals surface area contributed by atoms with Crippen LogP contribution in [0.15, 0.2) is 23.3 Å². The third kappa shape index (κ3) is 4.57. The Balaban J connectivity index is 2.29. The van der Waals surface area contributed by atoms with Gasteiger partial charge >= 0.3 is 0 Å². The second kappa shape index (κ2) is 9.54. The van der Waals surface area contributed by atoms with Crippen molar-refractivity contribution in [2.45, 2.75) is 66.2 Å². The zero-order chi connectivity index (χ0) is 20.9. The minimum atomic E-state index is -0.0859. The molecule has 0 bridgehead atoms. The molecule has 0 saturated heterocycles. The van der Waals surface area contributed by atoms with E-state index in [0.717, 1.165) is 38.4 Å². The van der Waals surface area contributed by atoms with E-state index in [4.69, 9.17) is 5.26 Å². The zero-order valence-electron chi connectivity index (χ0n) is 18.2. The molecule has 0 radical (unpaired) electrons. The van der Waals surface area contributed by atoms with E-state index in [1.165, 1.54) is 11.1 Å². The number of aldehydes is 1. The van der Waals surface area contributed by atoms with Crippen molar-refractivity contribution in [3.8, 4) is 6.07 Å². The van der Waals surface area contributed by atoms with E-state index in [0.29, 0.717) is 30.7 Å². The summed E-state index contributed by atoms with van der Waals surface area (Å²) in [5.41, 5.74) is 2.58. The molecule has 0 aromatic carbocycles. The van der Waals surface area contributed by atoms with Gasteiger partial charge in [-0.25, -0.2) is 0 Å². The molecule has 0 aliphatic heterocycles. The lowest BCUT2D eigenvalue weighted by Gasteiger charge is -2.53. The summed E-state index contributed by atoms with van der Waals surface area (Å²) in [6, 6.07) is 2.31. The Hall–Kier alpha value is -1.89. The second-order valence-corrected chi connectivity index (χ2v) is 9.21. The van der Waals surface area contributed by atoms with E-state index in [1.54, 1.807) is 6.08 Å². The van der Waals surface area contributed by atoms with Crippen molar-refractivity contribution in [1.29, 1.82) is 5.26 Å². The fourth-order valence-corrected chi connectivity index (χ4v) is 5.55. The molecule has 4 atom stereocenters. The maximum absolute atomic E-state index is 12.3. The van der Waals surface area contributed by atoms with Crippen LogP contribution in [0, 0.1) is 40.4 Å². The Bertz CT molecular complexity index is 685. The van der Waals surface area contributed by atoms with Crippen molar-refractivity contribution < 1.29 is 9.59 Å². The highest BCUT2D eigenvalue weighted by Gasteiger charge is 2.48. The van der Waals surface area contributed by atoms with Crippen molar-refractivity contribution >= 4 is 12.2 Å². The number of carbonyl (C=O) groups excluding carboxylic acids is 2. The van der Waals surface area contributed by atoms with Gasteiger partial charge in [-0.2, -0.15) is 5.26 Å². The summed E-state index contributed by atoms with van der Waals surface area (Å²) in [7, 11) is 1.88. The fourth-order valence-electron chi connectivity index (χ4n) is 5.55. The van der Waals surface area contributed by atoms with E-state index < -0.39 is 0 Å². The van der Waals surface area contributed by atoms with Crippen LogP contribution in [0.3, 0.4) is 0 Å². The third-order valence-electron chi connectivity index (χ3n) is 7.28. The van der Waals surface area contributed by atoms with Crippen molar-refractivity contribution in [2.75, 3.05) is 13.6 Å². The number of nitriles is 1. The summed E-state index contributed by atoms with van der Waals surface area (Å²) in [6.07, 6.45) is 10.5. The van der Waals surface area contributed by atoms with Gasteiger partial charge in [0.1, 0.15) is 6.29 Å². The average Bonchev–Trinajstić information content (AvgIpc) is 2.67. The van der Waals surface area contributed by atoms with E-state index in [-0.39, 0.29) is 17.2 Å². The van der Waals surface area contributed by atoms with Crippen LogP contribution in [0.4, 0.5) is 0 Å². The summed E-state index contributed by atoms with van der Waals surface area (Å²) < 4.78 is 0. The molecule has 28 heavy (non-hydrogen) atoms. The standard InChI is InChI=1S/C24H36N2O2/c1-17(2)23(28)26(5)15-13-24(4)19(12-16-27)9-10-21-20(7-6-14-25)18(3)8-11-22(21)24/h8,12,16-17,20-22H,6-7,9-11,13,15H2,1-5H3/b19-12-. The molecule has 154 valence electrons. The van der Waals surface area contributed by atoms with Crippen LogP contribution < -0.4 is 0 Å². The lowest BCUT2D eigenvalue weighted by Crippen LogP contribution is -2.45. The molecule has 4 heteroatoms. The summed E-state index contributed by atoms with van der Waals surface area (Å²) >= 11 is 0. The molecule has 2 rings (SSSR count). The molecule has 0 N–H and O–H groups in total. The van der Waals surface area contributed by atoms with Crippen molar-refractivity contribution in [2.24, 2.45) is 29.1 Å². The van der Waals surface area contributed by atoms with Crippen molar-refractivity contribution in [3.63, 3.8) is 0 Å². The lowest BCUT2D eigenvalue weighted by molar-refractivity contribution is -0.133. The number of hydrogen-bond donors (Lipinski definition) is 0. The summed E-state index contributed by atoms with van der Waals surface area (Å²) in [4.78, 5) is 25.5. The maximum Gasteiger partial charge on any atom is 0.224 e. The quantitative estimate of drug-likeness (QED) is 0.356. The van der Waals surface area contributed by atoms with Crippen LogP contribution in [0.2, 0.25) is 0 Å². The first-order valence-electron chi connectivity index (χ1n) is 10.7. The fraction of sp³-hybridized carbons (Fsp3) is 0.708. The number of carbonyl (C=O) groups is 2. The van der Waals surface area contributed by atoms with E-state index in [2.05, 4.69) is 26.0 Å². The maximum atomic E-state index is 12.3. The third-order valence-corrected chi connectivity index (χ3v) is 7.28. The molecular formula is C24H36N2O2. The van der Waals surface area contributed by atoms with Gasteiger partial charge in [-0.05, 0) is 68.3 Å². The number of hydrogen-bond acceptors (Lipinski definition) is 3. The lowest BCUT2D eigenvalue weighted by atomic mass is 9.52. The zero-order valence-corrected chi connectivity index (χ0v) is 18.2. The molecule has 0 heterocycles. The van der Waals surface area contributed by atoms with Crippen LogP contribution in [-0.4, -0.2) is 30.7 Å². The number of amides is 1. The number of rotatable bonds is 7. The first kappa shape index (κ1) is 22.4. The van der Waals surface area contributed by atoms with Gasteiger partial charge in [0.05, 0.1) is 6.07 Å². The highest BCUT2D eigenvalue weighted by atomic mass is 16.2. The average molecular weight is 385 g/mol. The molecule has 1 amide bonds. The van der Waals surface area contributed by atoms with Gasteiger partial charge < -0.3 is 4.90 Å². The van der Waals surface area contributed by atoms with Gasteiger partial charge in [-0.1, -0.05) is 38.0 Å².